The summed E-state index contributed by atoms with van der Waals surface area (Å²) in [6.45, 7) is 3.91. The molecule has 1 heterocycles. The fourth-order valence-electron chi connectivity index (χ4n) is 1.55. The summed E-state index contributed by atoms with van der Waals surface area (Å²) in [6.07, 6.45) is 0. The first-order chi connectivity index (χ1) is 7.49. The Morgan fingerprint density at radius 2 is 1.75 bits per heavy atom. The van der Waals surface area contributed by atoms with Crippen molar-refractivity contribution < 1.29 is 13.2 Å². The van der Waals surface area contributed by atoms with Crippen LogP contribution in [0, 0.1) is 17.6 Å². The maximum absolute atomic E-state index is 13.0. The Hall–Kier alpha value is -1.42. The third-order valence-electron chi connectivity index (χ3n) is 2.63. The van der Waals surface area contributed by atoms with Gasteiger partial charge in [-0.05, 0) is 18.1 Å². The molecule has 1 atom stereocenters. The van der Waals surface area contributed by atoms with E-state index in [0.717, 1.165) is 12.1 Å². The van der Waals surface area contributed by atoms with Crippen LogP contribution in [0.3, 0.4) is 0 Å². The van der Waals surface area contributed by atoms with Crippen LogP contribution >= 0.6 is 0 Å². The van der Waals surface area contributed by atoms with Crippen molar-refractivity contribution in [3.63, 3.8) is 0 Å². The summed E-state index contributed by atoms with van der Waals surface area (Å²) in [7, 11) is 0. The van der Waals surface area contributed by atoms with E-state index in [0.29, 0.717) is 16.7 Å². The molecule has 0 bridgehead atoms. The molecular weight excluding hydrogens is 212 g/mol. The number of hydrogen-bond acceptors (Lipinski definition) is 2. The van der Waals surface area contributed by atoms with Crippen LogP contribution in [0.1, 0.15) is 25.6 Å². The second-order valence-corrected chi connectivity index (χ2v) is 4.22. The molecule has 2 rings (SSSR count). The molecule has 2 aromatic rings. The average molecular weight is 225 g/mol. The third-order valence-corrected chi connectivity index (χ3v) is 2.63. The number of benzene rings is 1. The highest BCUT2D eigenvalue weighted by molar-refractivity contribution is 5.78. The summed E-state index contributed by atoms with van der Waals surface area (Å²) >= 11 is 0. The number of hydrogen-bond donors (Lipinski definition) is 1. The SMILES string of the molecule is CC(C)[C@H](N)c1cc2cc(F)c(F)cc2o1. The molecule has 0 amide bonds. The number of furan rings is 1. The molecular formula is C12H13F2NO. The van der Waals surface area contributed by atoms with Crippen LogP contribution in [0.4, 0.5) is 8.78 Å². The zero-order chi connectivity index (χ0) is 11.9. The van der Waals surface area contributed by atoms with E-state index in [-0.39, 0.29) is 12.0 Å². The first-order valence-corrected chi connectivity index (χ1v) is 5.13. The number of rotatable bonds is 2. The maximum Gasteiger partial charge on any atom is 0.162 e. The first-order valence-electron chi connectivity index (χ1n) is 5.13. The summed E-state index contributed by atoms with van der Waals surface area (Å²) < 4.78 is 31.3. The van der Waals surface area contributed by atoms with Gasteiger partial charge in [-0.25, -0.2) is 8.78 Å². The average Bonchev–Trinajstić information content (AvgIpc) is 2.60. The minimum atomic E-state index is -0.911. The number of nitrogens with two attached hydrogens (primary N) is 1. The fraction of sp³-hybridized carbons (Fsp3) is 0.333. The summed E-state index contributed by atoms with van der Waals surface area (Å²) in [5.41, 5.74) is 6.22. The largest absolute Gasteiger partial charge is 0.459 e. The molecule has 86 valence electrons. The molecule has 2 nitrogen and oxygen atoms in total. The van der Waals surface area contributed by atoms with Gasteiger partial charge in [-0.2, -0.15) is 0 Å². The van der Waals surface area contributed by atoms with Crippen LogP contribution in [-0.4, -0.2) is 0 Å². The van der Waals surface area contributed by atoms with Gasteiger partial charge in [0.25, 0.3) is 0 Å². The molecule has 0 aliphatic carbocycles. The van der Waals surface area contributed by atoms with E-state index in [1.54, 1.807) is 6.07 Å². The van der Waals surface area contributed by atoms with E-state index < -0.39 is 11.6 Å². The third kappa shape index (κ3) is 1.80. The van der Waals surface area contributed by atoms with Gasteiger partial charge in [-0.1, -0.05) is 13.8 Å². The van der Waals surface area contributed by atoms with Gasteiger partial charge in [0.1, 0.15) is 11.3 Å². The lowest BCUT2D eigenvalue weighted by Gasteiger charge is -2.11. The summed E-state index contributed by atoms with van der Waals surface area (Å²) in [6, 6.07) is 3.55. The van der Waals surface area contributed by atoms with Gasteiger partial charge >= 0.3 is 0 Å². The van der Waals surface area contributed by atoms with Gasteiger partial charge in [-0.3, -0.25) is 0 Å². The Morgan fingerprint density at radius 1 is 1.12 bits per heavy atom. The van der Waals surface area contributed by atoms with Crippen LogP contribution in [0.5, 0.6) is 0 Å². The smallest absolute Gasteiger partial charge is 0.162 e. The van der Waals surface area contributed by atoms with Gasteiger partial charge in [0, 0.05) is 11.5 Å². The molecule has 0 radical (unpaired) electrons. The lowest BCUT2D eigenvalue weighted by Crippen LogP contribution is -2.15. The molecule has 16 heavy (non-hydrogen) atoms. The Balaban J connectivity index is 2.52. The molecule has 0 saturated heterocycles. The van der Waals surface area contributed by atoms with Crippen molar-refractivity contribution in [3.05, 3.63) is 35.6 Å². The normalized spacial score (nSPS) is 13.6. The second-order valence-electron chi connectivity index (χ2n) is 4.22. The van der Waals surface area contributed by atoms with Crippen molar-refractivity contribution in [2.24, 2.45) is 11.7 Å². The van der Waals surface area contributed by atoms with Crippen molar-refractivity contribution in [1.29, 1.82) is 0 Å². The van der Waals surface area contributed by atoms with Crippen molar-refractivity contribution in [2.75, 3.05) is 0 Å². The maximum atomic E-state index is 13.0. The van der Waals surface area contributed by atoms with Crippen LogP contribution in [0.15, 0.2) is 22.6 Å². The van der Waals surface area contributed by atoms with Crippen LogP contribution in [0.25, 0.3) is 11.0 Å². The highest BCUT2D eigenvalue weighted by Gasteiger charge is 2.16. The molecule has 1 aromatic carbocycles. The standard InChI is InChI=1S/C12H13F2NO/c1-6(2)12(15)11-4-7-3-8(13)9(14)5-10(7)16-11/h3-6,12H,15H2,1-2H3/t12-/m0/s1. The second kappa shape index (κ2) is 3.87. The molecule has 0 fully saturated rings. The summed E-state index contributed by atoms with van der Waals surface area (Å²) in [5.74, 6) is -1.03. The van der Waals surface area contributed by atoms with Crippen molar-refractivity contribution in [2.45, 2.75) is 19.9 Å². The van der Waals surface area contributed by atoms with Gasteiger partial charge in [0.15, 0.2) is 11.6 Å². The molecule has 0 spiro atoms. The highest BCUT2D eigenvalue weighted by atomic mass is 19.2. The molecule has 0 aliphatic heterocycles. The number of halogens is 2. The van der Waals surface area contributed by atoms with Gasteiger partial charge in [0.2, 0.25) is 0 Å². The van der Waals surface area contributed by atoms with Gasteiger partial charge < -0.3 is 10.2 Å². The fourth-order valence-corrected chi connectivity index (χ4v) is 1.55. The lowest BCUT2D eigenvalue weighted by molar-refractivity contribution is 0.417. The quantitative estimate of drug-likeness (QED) is 0.851. The van der Waals surface area contributed by atoms with E-state index in [4.69, 9.17) is 10.2 Å². The van der Waals surface area contributed by atoms with E-state index in [9.17, 15) is 8.78 Å². The molecule has 4 heteroatoms. The van der Waals surface area contributed by atoms with Crippen LogP contribution in [0.2, 0.25) is 0 Å². The predicted octanol–water partition coefficient (Wildman–Crippen LogP) is 3.37. The Morgan fingerprint density at radius 3 is 2.38 bits per heavy atom. The van der Waals surface area contributed by atoms with E-state index in [1.807, 2.05) is 13.8 Å². The Labute approximate surface area is 92.0 Å². The van der Waals surface area contributed by atoms with Gasteiger partial charge in [0.05, 0.1) is 6.04 Å². The zero-order valence-corrected chi connectivity index (χ0v) is 9.13. The monoisotopic (exact) mass is 225 g/mol. The Kier molecular flexibility index (Phi) is 2.68. The zero-order valence-electron chi connectivity index (χ0n) is 9.13. The van der Waals surface area contributed by atoms with E-state index >= 15 is 0 Å². The Bertz CT molecular complexity index is 480. The van der Waals surface area contributed by atoms with E-state index in [2.05, 4.69) is 0 Å². The highest BCUT2D eigenvalue weighted by Crippen LogP contribution is 2.27. The summed E-state index contributed by atoms with van der Waals surface area (Å²) in [4.78, 5) is 0. The van der Waals surface area contributed by atoms with Crippen molar-refractivity contribution in [1.82, 2.24) is 0 Å². The molecule has 0 unspecified atom stereocenters. The molecule has 0 aliphatic rings. The topological polar surface area (TPSA) is 39.2 Å². The molecule has 1 aromatic heterocycles. The van der Waals surface area contributed by atoms with Crippen LogP contribution in [-0.2, 0) is 0 Å². The lowest BCUT2D eigenvalue weighted by atomic mass is 10.0. The van der Waals surface area contributed by atoms with Crippen molar-refractivity contribution >= 4 is 11.0 Å². The number of fused-ring (bicyclic) bond motifs is 1. The minimum absolute atomic E-state index is 0.204. The molecule has 2 N–H and O–H groups in total. The summed E-state index contributed by atoms with van der Waals surface area (Å²) in [5, 5.41) is 0.532. The van der Waals surface area contributed by atoms with E-state index in [1.165, 1.54) is 0 Å². The first kappa shape index (κ1) is 11.1. The molecule has 0 saturated carbocycles. The van der Waals surface area contributed by atoms with Crippen molar-refractivity contribution in [3.8, 4) is 0 Å². The predicted molar refractivity (Wildman–Crippen MR) is 57.9 cm³/mol. The van der Waals surface area contributed by atoms with Gasteiger partial charge in [-0.15, -0.1) is 0 Å². The van der Waals surface area contributed by atoms with Crippen LogP contribution < -0.4 is 5.73 Å². The minimum Gasteiger partial charge on any atom is -0.459 e.